The SMILES string of the molecule is CC(C)C(N)c1ccn(Cc2ccc3ncccc3c2)c1. The molecule has 3 heteroatoms. The fourth-order valence-electron chi connectivity index (χ4n) is 2.57. The smallest absolute Gasteiger partial charge is 0.0702 e. The van der Waals surface area contributed by atoms with E-state index < -0.39 is 0 Å². The summed E-state index contributed by atoms with van der Waals surface area (Å²) < 4.78 is 2.19. The number of pyridine rings is 1. The molecule has 0 saturated carbocycles. The Balaban J connectivity index is 1.82. The summed E-state index contributed by atoms with van der Waals surface area (Å²) in [6, 6.07) is 12.7. The molecule has 0 aliphatic carbocycles. The minimum atomic E-state index is 0.104. The van der Waals surface area contributed by atoms with Gasteiger partial charge >= 0.3 is 0 Å². The number of hydrogen-bond donors (Lipinski definition) is 1. The van der Waals surface area contributed by atoms with E-state index in [1.54, 1.807) is 0 Å². The van der Waals surface area contributed by atoms with Gasteiger partial charge in [-0.05, 0) is 41.3 Å². The highest BCUT2D eigenvalue weighted by atomic mass is 14.9. The van der Waals surface area contributed by atoms with Crippen LogP contribution in [-0.4, -0.2) is 9.55 Å². The van der Waals surface area contributed by atoms with Gasteiger partial charge in [0.25, 0.3) is 0 Å². The Kier molecular flexibility index (Phi) is 3.76. The molecule has 2 aromatic heterocycles. The number of fused-ring (bicyclic) bond motifs is 1. The molecule has 0 aliphatic heterocycles. The van der Waals surface area contributed by atoms with Crippen LogP contribution in [0.1, 0.15) is 31.0 Å². The summed E-state index contributed by atoms with van der Waals surface area (Å²) in [5.41, 5.74) is 9.71. The van der Waals surface area contributed by atoms with Crippen molar-refractivity contribution in [3.05, 3.63) is 66.1 Å². The Morgan fingerprint density at radius 2 is 2.05 bits per heavy atom. The van der Waals surface area contributed by atoms with Crippen molar-refractivity contribution in [2.75, 3.05) is 0 Å². The zero-order valence-electron chi connectivity index (χ0n) is 12.5. The molecule has 108 valence electrons. The second kappa shape index (κ2) is 5.70. The molecule has 21 heavy (non-hydrogen) atoms. The highest BCUT2D eigenvalue weighted by molar-refractivity contribution is 5.78. The lowest BCUT2D eigenvalue weighted by molar-refractivity contribution is 0.513. The molecular formula is C18H21N3. The number of aromatic nitrogens is 2. The molecular weight excluding hydrogens is 258 g/mol. The van der Waals surface area contributed by atoms with Crippen LogP contribution in [0.15, 0.2) is 55.0 Å². The van der Waals surface area contributed by atoms with E-state index >= 15 is 0 Å². The maximum absolute atomic E-state index is 6.20. The van der Waals surface area contributed by atoms with Gasteiger partial charge in [-0.2, -0.15) is 0 Å². The molecule has 2 N–H and O–H groups in total. The first-order valence-electron chi connectivity index (χ1n) is 7.38. The van der Waals surface area contributed by atoms with E-state index in [0.717, 1.165) is 12.1 Å². The van der Waals surface area contributed by atoms with Crippen molar-refractivity contribution in [3.63, 3.8) is 0 Å². The summed E-state index contributed by atoms with van der Waals surface area (Å²) in [4.78, 5) is 4.35. The van der Waals surface area contributed by atoms with Crippen molar-refractivity contribution < 1.29 is 0 Å². The molecule has 0 spiro atoms. The van der Waals surface area contributed by atoms with Crippen LogP contribution in [0, 0.1) is 5.92 Å². The third kappa shape index (κ3) is 2.98. The van der Waals surface area contributed by atoms with Crippen molar-refractivity contribution in [2.45, 2.75) is 26.4 Å². The van der Waals surface area contributed by atoms with Crippen LogP contribution in [0.2, 0.25) is 0 Å². The standard InChI is InChI=1S/C18H21N3/c1-13(2)18(19)16-7-9-21(12-16)11-14-5-6-17-15(10-14)4-3-8-20-17/h3-10,12-13,18H,11,19H2,1-2H3. The summed E-state index contributed by atoms with van der Waals surface area (Å²) in [6.07, 6.45) is 6.08. The number of benzene rings is 1. The lowest BCUT2D eigenvalue weighted by atomic mass is 10.00. The first-order valence-corrected chi connectivity index (χ1v) is 7.38. The molecule has 1 unspecified atom stereocenters. The number of nitrogens with two attached hydrogens (primary N) is 1. The predicted molar refractivity (Wildman–Crippen MR) is 87.0 cm³/mol. The first kappa shape index (κ1) is 13.8. The molecule has 0 fully saturated rings. The lowest BCUT2D eigenvalue weighted by Gasteiger charge is -2.13. The molecule has 3 rings (SSSR count). The molecule has 0 bridgehead atoms. The van der Waals surface area contributed by atoms with Crippen LogP contribution in [0.5, 0.6) is 0 Å². The third-order valence-electron chi connectivity index (χ3n) is 3.91. The molecule has 0 aliphatic rings. The molecule has 0 amide bonds. The van der Waals surface area contributed by atoms with E-state index in [-0.39, 0.29) is 6.04 Å². The van der Waals surface area contributed by atoms with Gasteiger partial charge < -0.3 is 10.3 Å². The van der Waals surface area contributed by atoms with Gasteiger partial charge in [0.15, 0.2) is 0 Å². The zero-order chi connectivity index (χ0) is 14.8. The Labute approximate surface area is 125 Å². The van der Waals surface area contributed by atoms with Crippen LogP contribution < -0.4 is 5.73 Å². The zero-order valence-corrected chi connectivity index (χ0v) is 12.5. The van der Waals surface area contributed by atoms with Gasteiger partial charge in [0.1, 0.15) is 0 Å². The molecule has 1 aromatic carbocycles. The van der Waals surface area contributed by atoms with Crippen LogP contribution in [0.4, 0.5) is 0 Å². The van der Waals surface area contributed by atoms with Crippen LogP contribution in [-0.2, 0) is 6.54 Å². The third-order valence-corrected chi connectivity index (χ3v) is 3.91. The Morgan fingerprint density at radius 3 is 2.86 bits per heavy atom. The van der Waals surface area contributed by atoms with Gasteiger partial charge in [-0.25, -0.2) is 0 Å². The highest BCUT2D eigenvalue weighted by Gasteiger charge is 2.11. The maximum Gasteiger partial charge on any atom is 0.0702 e. The van der Waals surface area contributed by atoms with Crippen molar-refractivity contribution in [2.24, 2.45) is 11.7 Å². The van der Waals surface area contributed by atoms with Crippen LogP contribution >= 0.6 is 0 Å². The van der Waals surface area contributed by atoms with Crippen molar-refractivity contribution in [1.82, 2.24) is 9.55 Å². The second-order valence-electron chi connectivity index (χ2n) is 5.92. The molecule has 3 aromatic rings. The minimum Gasteiger partial charge on any atom is -0.350 e. The topological polar surface area (TPSA) is 43.8 Å². The maximum atomic E-state index is 6.20. The summed E-state index contributed by atoms with van der Waals surface area (Å²) in [7, 11) is 0. The van der Waals surface area contributed by atoms with Crippen LogP contribution in [0.25, 0.3) is 10.9 Å². The van der Waals surface area contributed by atoms with E-state index in [4.69, 9.17) is 5.73 Å². The number of hydrogen-bond acceptors (Lipinski definition) is 2. The predicted octanol–water partition coefficient (Wildman–Crippen LogP) is 3.74. The van der Waals surface area contributed by atoms with Gasteiger partial charge in [0, 0.05) is 36.6 Å². The quantitative estimate of drug-likeness (QED) is 0.790. The van der Waals surface area contributed by atoms with E-state index in [1.165, 1.54) is 16.5 Å². The van der Waals surface area contributed by atoms with Gasteiger partial charge in [0.05, 0.1) is 5.52 Å². The Morgan fingerprint density at radius 1 is 1.19 bits per heavy atom. The first-order chi connectivity index (χ1) is 10.1. The largest absolute Gasteiger partial charge is 0.350 e. The Hall–Kier alpha value is -2.13. The Bertz CT molecular complexity index is 743. The normalized spacial score (nSPS) is 13.0. The molecule has 0 radical (unpaired) electrons. The monoisotopic (exact) mass is 279 g/mol. The van der Waals surface area contributed by atoms with Crippen molar-refractivity contribution >= 4 is 10.9 Å². The van der Waals surface area contributed by atoms with Crippen molar-refractivity contribution in [1.29, 1.82) is 0 Å². The minimum absolute atomic E-state index is 0.104. The highest BCUT2D eigenvalue weighted by Crippen LogP contribution is 2.20. The molecule has 2 heterocycles. The summed E-state index contributed by atoms with van der Waals surface area (Å²) in [5, 5.41) is 1.18. The average molecular weight is 279 g/mol. The fraction of sp³-hybridized carbons (Fsp3) is 0.278. The molecule has 0 saturated heterocycles. The van der Waals surface area contributed by atoms with Crippen LogP contribution in [0.3, 0.4) is 0 Å². The second-order valence-corrected chi connectivity index (χ2v) is 5.92. The number of nitrogens with zero attached hydrogens (tertiary/aromatic N) is 2. The van der Waals surface area contributed by atoms with Gasteiger partial charge in [-0.1, -0.05) is 26.0 Å². The molecule has 3 nitrogen and oxygen atoms in total. The van der Waals surface area contributed by atoms with E-state index in [9.17, 15) is 0 Å². The van der Waals surface area contributed by atoms with Crippen molar-refractivity contribution in [3.8, 4) is 0 Å². The fourth-order valence-corrected chi connectivity index (χ4v) is 2.57. The lowest BCUT2D eigenvalue weighted by Crippen LogP contribution is -2.15. The van der Waals surface area contributed by atoms with Gasteiger partial charge in [-0.3, -0.25) is 4.98 Å². The summed E-state index contributed by atoms with van der Waals surface area (Å²) in [6.45, 7) is 5.16. The number of rotatable bonds is 4. The van der Waals surface area contributed by atoms with E-state index in [1.807, 2.05) is 12.3 Å². The summed E-state index contributed by atoms with van der Waals surface area (Å²) >= 11 is 0. The average Bonchev–Trinajstić information content (AvgIpc) is 2.94. The van der Waals surface area contributed by atoms with Gasteiger partial charge in [-0.15, -0.1) is 0 Å². The summed E-state index contributed by atoms with van der Waals surface area (Å²) in [5.74, 6) is 0.451. The van der Waals surface area contributed by atoms with E-state index in [2.05, 4.69) is 66.1 Å². The molecule has 1 atom stereocenters. The van der Waals surface area contributed by atoms with Gasteiger partial charge in [0.2, 0.25) is 0 Å². The van der Waals surface area contributed by atoms with E-state index in [0.29, 0.717) is 5.92 Å².